The number of carbonyl (C=O) groups is 2. The van der Waals surface area contributed by atoms with Crippen LogP contribution in [0.1, 0.15) is 0 Å². The third-order valence-electron chi connectivity index (χ3n) is 3.51. The van der Waals surface area contributed by atoms with Gasteiger partial charge >= 0.3 is 6.03 Å². The van der Waals surface area contributed by atoms with Crippen LogP contribution in [0.25, 0.3) is 0 Å². The van der Waals surface area contributed by atoms with Gasteiger partial charge in [-0.05, 0) is 36.4 Å². The van der Waals surface area contributed by atoms with Gasteiger partial charge in [0.05, 0.1) is 5.75 Å². The molecule has 0 bridgehead atoms. The van der Waals surface area contributed by atoms with Gasteiger partial charge in [0.15, 0.2) is 0 Å². The van der Waals surface area contributed by atoms with Gasteiger partial charge in [-0.2, -0.15) is 0 Å². The van der Waals surface area contributed by atoms with Crippen molar-refractivity contribution in [2.24, 2.45) is 0 Å². The van der Waals surface area contributed by atoms with E-state index in [4.69, 9.17) is 0 Å². The molecular weight excluding hydrogens is 329 g/mol. The summed E-state index contributed by atoms with van der Waals surface area (Å²) in [5, 5.41) is 5.49. The molecule has 0 atom stereocenters. The van der Waals surface area contributed by atoms with Crippen molar-refractivity contribution in [1.82, 2.24) is 5.32 Å². The molecule has 124 valence electrons. The maximum atomic E-state index is 13.5. The SMILES string of the molecule is O=C(CSc1ccccc1F)Nc1ccc(N2CCNC2=O)cc1. The van der Waals surface area contributed by atoms with Gasteiger partial charge in [-0.1, -0.05) is 12.1 Å². The summed E-state index contributed by atoms with van der Waals surface area (Å²) in [5.74, 6) is -0.421. The fourth-order valence-electron chi connectivity index (χ4n) is 2.34. The van der Waals surface area contributed by atoms with Gasteiger partial charge in [-0.25, -0.2) is 9.18 Å². The minimum Gasteiger partial charge on any atom is -0.336 e. The van der Waals surface area contributed by atoms with Crippen LogP contribution in [0.4, 0.5) is 20.6 Å². The first-order valence-electron chi connectivity index (χ1n) is 7.46. The Morgan fingerprint density at radius 3 is 2.62 bits per heavy atom. The molecule has 0 spiro atoms. The van der Waals surface area contributed by atoms with Crippen LogP contribution in [0.15, 0.2) is 53.4 Å². The Kier molecular flexibility index (Phi) is 5.00. The summed E-state index contributed by atoms with van der Waals surface area (Å²) < 4.78 is 13.5. The molecule has 0 aliphatic carbocycles. The lowest BCUT2D eigenvalue weighted by atomic mass is 10.2. The monoisotopic (exact) mass is 345 g/mol. The van der Waals surface area contributed by atoms with Gasteiger partial charge < -0.3 is 10.6 Å². The van der Waals surface area contributed by atoms with Gasteiger partial charge in [0.2, 0.25) is 5.91 Å². The van der Waals surface area contributed by atoms with Crippen molar-refractivity contribution >= 4 is 35.1 Å². The molecule has 0 radical (unpaired) electrons. The predicted molar refractivity (Wildman–Crippen MR) is 92.9 cm³/mol. The molecule has 1 saturated heterocycles. The minimum absolute atomic E-state index is 0.118. The highest BCUT2D eigenvalue weighted by Gasteiger charge is 2.20. The zero-order valence-electron chi connectivity index (χ0n) is 12.8. The molecular formula is C17H16FN3O2S. The van der Waals surface area contributed by atoms with E-state index in [2.05, 4.69) is 10.6 Å². The maximum Gasteiger partial charge on any atom is 0.321 e. The first-order valence-corrected chi connectivity index (χ1v) is 8.44. The van der Waals surface area contributed by atoms with Gasteiger partial charge in [0, 0.05) is 29.4 Å². The molecule has 7 heteroatoms. The second-order valence-electron chi connectivity index (χ2n) is 5.20. The standard InChI is InChI=1S/C17H16FN3O2S/c18-14-3-1-2-4-15(14)24-11-16(22)20-12-5-7-13(8-6-12)21-10-9-19-17(21)23/h1-8H,9-11H2,(H,19,23)(H,20,22). The molecule has 0 aromatic heterocycles. The maximum absolute atomic E-state index is 13.5. The molecule has 0 saturated carbocycles. The van der Waals surface area contributed by atoms with E-state index < -0.39 is 0 Å². The van der Waals surface area contributed by atoms with E-state index in [9.17, 15) is 14.0 Å². The van der Waals surface area contributed by atoms with Gasteiger partial charge in [-0.15, -0.1) is 11.8 Å². The van der Waals surface area contributed by atoms with Crippen molar-refractivity contribution in [2.75, 3.05) is 29.1 Å². The third kappa shape index (κ3) is 3.86. The first kappa shape index (κ1) is 16.3. The molecule has 3 amide bonds. The Labute approximate surface area is 143 Å². The Hall–Kier alpha value is -2.54. The van der Waals surface area contributed by atoms with Gasteiger partial charge in [0.25, 0.3) is 0 Å². The van der Waals surface area contributed by atoms with Gasteiger partial charge in [0.1, 0.15) is 5.82 Å². The molecule has 3 rings (SSSR count). The average Bonchev–Trinajstić information content (AvgIpc) is 3.01. The Morgan fingerprint density at radius 2 is 1.96 bits per heavy atom. The Morgan fingerprint density at radius 1 is 1.21 bits per heavy atom. The summed E-state index contributed by atoms with van der Waals surface area (Å²) in [6, 6.07) is 13.3. The molecule has 5 nitrogen and oxygen atoms in total. The van der Waals surface area contributed by atoms with Crippen molar-refractivity contribution in [2.45, 2.75) is 4.90 Å². The lowest BCUT2D eigenvalue weighted by Crippen LogP contribution is -2.27. The van der Waals surface area contributed by atoms with Crippen LogP contribution >= 0.6 is 11.8 Å². The molecule has 1 heterocycles. The normalized spacial score (nSPS) is 13.7. The van der Waals surface area contributed by atoms with Crippen LogP contribution in [0.5, 0.6) is 0 Å². The van der Waals surface area contributed by atoms with E-state index in [0.717, 1.165) is 17.4 Å². The van der Waals surface area contributed by atoms with E-state index in [-0.39, 0.29) is 23.5 Å². The zero-order valence-corrected chi connectivity index (χ0v) is 13.6. The Bertz CT molecular complexity index is 752. The van der Waals surface area contributed by atoms with Crippen LogP contribution in [0.2, 0.25) is 0 Å². The van der Waals surface area contributed by atoms with E-state index >= 15 is 0 Å². The molecule has 2 N–H and O–H groups in total. The van der Waals surface area contributed by atoms with Gasteiger partial charge in [-0.3, -0.25) is 9.69 Å². The van der Waals surface area contributed by atoms with Crippen LogP contribution in [0.3, 0.4) is 0 Å². The van der Waals surface area contributed by atoms with E-state index in [0.29, 0.717) is 23.7 Å². The second kappa shape index (κ2) is 7.35. The largest absolute Gasteiger partial charge is 0.336 e. The second-order valence-corrected chi connectivity index (χ2v) is 6.21. The van der Waals surface area contributed by atoms with Crippen LogP contribution < -0.4 is 15.5 Å². The zero-order chi connectivity index (χ0) is 16.9. The third-order valence-corrected chi connectivity index (χ3v) is 4.56. The lowest BCUT2D eigenvalue weighted by molar-refractivity contribution is -0.113. The van der Waals surface area contributed by atoms with Crippen molar-refractivity contribution < 1.29 is 14.0 Å². The Balaban J connectivity index is 1.55. The summed E-state index contributed by atoms with van der Waals surface area (Å²) in [6.45, 7) is 1.26. The molecule has 1 aliphatic rings. The highest BCUT2D eigenvalue weighted by molar-refractivity contribution is 8.00. The van der Waals surface area contributed by atoms with Crippen molar-refractivity contribution in [3.05, 3.63) is 54.3 Å². The number of carbonyl (C=O) groups excluding carboxylic acids is 2. The highest BCUT2D eigenvalue weighted by atomic mass is 32.2. The first-order chi connectivity index (χ1) is 11.6. The summed E-state index contributed by atoms with van der Waals surface area (Å²) >= 11 is 1.15. The molecule has 2 aromatic rings. The molecule has 1 aliphatic heterocycles. The predicted octanol–water partition coefficient (Wildman–Crippen LogP) is 3.09. The number of nitrogens with one attached hydrogen (secondary N) is 2. The average molecular weight is 345 g/mol. The fraction of sp³-hybridized carbons (Fsp3) is 0.176. The molecule has 0 unspecified atom stereocenters. The number of nitrogens with zero attached hydrogens (tertiary/aromatic N) is 1. The number of thioether (sulfide) groups is 1. The quantitative estimate of drug-likeness (QED) is 0.819. The van der Waals surface area contributed by atoms with E-state index in [1.165, 1.54) is 6.07 Å². The number of halogens is 1. The summed E-state index contributed by atoms with van der Waals surface area (Å²) in [7, 11) is 0. The number of amides is 3. The number of rotatable bonds is 5. The van der Waals surface area contributed by atoms with Crippen molar-refractivity contribution in [3.63, 3.8) is 0 Å². The van der Waals surface area contributed by atoms with E-state index in [1.807, 2.05) is 0 Å². The summed E-state index contributed by atoms with van der Waals surface area (Å²) in [5.41, 5.74) is 1.42. The van der Waals surface area contributed by atoms with Crippen molar-refractivity contribution in [1.29, 1.82) is 0 Å². The number of benzene rings is 2. The number of anilines is 2. The number of hydrogen-bond acceptors (Lipinski definition) is 3. The lowest BCUT2D eigenvalue weighted by Gasteiger charge is -2.14. The van der Waals surface area contributed by atoms with Crippen LogP contribution in [0, 0.1) is 5.82 Å². The summed E-state index contributed by atoms with van der Waals surface area (Å²) in [6.07, 6.45) is 0. The summed E-state index contributed by atoms with van der Waals surface area (Å²) in [4.78, 5) is 25.6. The van der Waals surface area contributed by atoms with Crippen LogP contribution in [-0.4, -0.2) is 30.8 Å². The van der Waals surface area contributed by atoms with E-state index in [1.54, 1.807) is 47.4 Å². The molecule has 1 fully saturated rings. The minimum atomic E-state index is -0.330. The van der Waals surface area contributed by atoms with Crippen LogP contribution in [-0.2, 0) is 4.79 Å². The highest BCUT2D eigenvalue weighted by Crippen LogP contribution is 2.22. The van der Waals surface area contributed by atoms with Crippen molar-refractivity contribution in [3.8, 4) is 0 Å². The number of hydrogen-bond donors (Lipinski definition) is 2. The fourth-order valence-corrected chi connectivity index (χ4v) is 3.08. The number of urea groups is 1. The smallest absolute Gasteiger partial charge is 0.321 e. The topological polar surface area (TPSA) is 61.4 Å². The molecule has 24 heavy (non-hydrogen) atoms. The molecule has 2 aromatic carbocycles.